The van der Waals surface area contributed by atoms with E-state index in [9.17, 15) is 13.2 Å². The van der Waals surface area contributed by atoms with Crippen LogP contribution in [0.4, 0.5) is 5.69 Å². The number of carbonyl (C=O) groups excluding carboxylic acids is 1. The van der Waals surface area contributed by atoms with Crippen LogP contribution in [0.5, 0.6) is 11.5 Å². The fourth-order valence-corrected chi connectivity index (χ4v) is 3.57. The number of carbonyl (C=O) groups is 1. The van der Waals surface area contributed by atoms with Gasteiger partial charge in [0.15, 0.2) is 11.5 Å². The summed E-state index contributed by atoms with van der Waals surface area (Å²) in [5.74, 6) is 1.05. The molecule has 158 valence electrons. The number of anilines is 1. The van der Waals surface area contributed by atoms with Crippen LogP contribution >= 0.6 is 0 Å². The van der Waals surface area contributed by atoms with Gasteiger partial charge in [-0.15, -0.1) is 0 Å². The number of amides is 1. The van der Waals surface area contributed by atoms with Crippen LogP contribution in [0.2, 0.25) is 0 Å². The summed E-state index contributed by atoms with van der Waals surface area (Å²) in [4.78, 5) is 12.8. The van der Waals surface area contributed by atoms with Crippen molar-refractivity contribution in [3.8, 4) is 11.5 Å². The number of ether oxygens (including phenoxy) is 2. The Hall–Kier alpha value is -2.58. The van der Waals surface area contributed by atoms with Crippen molar-refractivity contribution in [1.82, 2.24) is 4.72 Å². The Morgan fingerprint density at radius 2 is 1.79 bits per heavy atom. The molecule has 0 heterocycles. The van der Waals surface area contributed by atoms with Gasteiger partial charge in [0.1, 0.15) is 0 Å². The first-order valence-corrected chi connectivity index (χ1v) is 10.9. The van der Waals surface area contributed by atoms with Crippen molar-refractivity contribution in [2.75, 3.05) is 25.6 Å². The van der Waals surface area contributed by atoms with Crippen LogP contribution in [0, 0.1) is 12.8 Å². The number of nitrogens with one attached hydrogen (secondary N) is 2. The third-order valence-electron chi connectivity index (χ3n) is 4.08. The molecule has 1 amide bonds. The zero-order chi connectivity index (χ0) is 21.6. The first-order valence-electron chi connectivity index (χ1n) is 9.43. The largest absolute Gasteiger partial charge is 0.490 e. The van der Waals surface area contributed by atoms with Gasteiger partial charge in [0.2, 0.25) is 10.0 Å². The Balaban J connectivity index is 2.26. The van der Waals surface area contributed by atoms with E-state index in [1.165, 1.54) is 13.1 Å². The summed E-state index contributed by atoms with van der Waals surface area (Å²) in [7, 11) is -2.28. The number of rotatable bonds is 9. The second kappa shape index (κ2) is 9.76. The maximum absolute atomic E-state index is 12.7. The molecule has 0 saturated heterocycles. The summed E-state index contributed by atoms with van der Waals surface area (Å²) >= 11 is 0. The summed E-state index contributed by atoms with van der Waals surface area (Å²) in [6, 6.07) is 9.71. The number of sulfonamides is 1. The molecular formula is C21H28N2O5S. The summed E-state index contributed by atoms with van der Waals surface area (Å²) in [5, 5.41) is 2.73. The lowest BCUT2D eigenvalue weighted by molar-refractivity contribution is 0.102. The van der Waals surface area contributed by atoms with Gasteiger partial charge in [0.05, 0.1) is 18.1 Å². The number of benzene rings is 2. The molecule has 0 unspecified atom stereocenters. The highest BCUT2D eigenvalue weighted by Crippen LogP contribution is 2.29. The Morgan fingerprint density at radius 1 is 1.07 bits per heavy atom. The van der Waals surface area contributed by atoms with Gasteiger partial charge in [0, 0.05) is 11.3 Å². The minimum Gasteiger partial charge on any atom is -0.490 e. The average Bonchev–Trinajstić information content (AvgIpc) is 2.68. The van der Waals surface area contributed by atoms with E-state index in [-0.39, 0.29) is 10.8 Å². The van der Waals surface area contributed by atoms with Gasteiger partial charge in [-0.25, -0.2) is 13.1 Å². The van der Waals surface area contributed by atoms with Crippen LogP contribution in [0.15, 0.2) is 41.3 Å². The lowest BCUT2D eigenvalue weighted by Crippen LogP contribution is -2.20. The molecule has 2 aromatic carbocycles. The molecule has 0 spiro atoms. The molecule has 0 radical (unpaired) electrons. The molecular weight excluding hydrogens is 392 g/mol. The van der Waals surface area contributed by atoms with Crippen LogP contribution in [0.25, 0.3) is 0 Å². The van der Waals surface area contributed by atoms with Crippen molar-refractivity contribution in [1.29, 1.82) is 0 Å². The van der Waals surface area contributed by atoms with E-state index in [0.29, 0.717) is 47.4 Å². The molecule has 0 aliphatic carbocycles. The van der Waals surface area contributed by atoms with Gasteiger partial charge in [0.25, 0.3) is 5.91 Å². The highest BCUT2D eigenvalue weighted by atomic mass is 32.2. The second-order valence-corrected chi connectivity index (χ2v) is 8.80. The highest BCUT2D eigenvalue weighted by molar-refractivity contribution is 7.89. The topological polar surface area (TPSA) is 93.7 Å². The van der Waals surface area contributed by atoms with E-state index >= 15 is 0 Å². The smallest absolute Gasteiger partial charge is 0.255 e. The van der Waals surface area contributed by atoms with Crippen molar-refractivity contribution in [2.24, 2.45) is 5.92 Å². The third-order valence-corrected chi connectivity index (χ3v) is 5.64. The van der Waals surface area contributed by atoms with Crippen molar-refractivity contribution in [3.05, 3.63) is 47.5 Å². The van der Waals surface area contributed by atoms with Crippen molar-refractivity contribution in [3.63, 3.8) is 0 Å². The molecule has 0 saturated carbocycles. The van der Waals surface area contributed by atoms with E-state index in [1.54, 1.807) is 37.3 Å². The average molecular weight is 421 g/mol. The SMILES string of the molecule is CCOc1cc(C(=O)Nc2ccc(C)c(S(=O)(=O)NC)c2)ccc1OCC(C)C. The Labute approximate surface area is 172 Å². The number of aryl methyl sites for hydroxylation is 1. The van der Waals surface area contributed by atoms with Crippen LogP contribution < -0.4 is 19.5 Å². The van der Waals surface area contributed by atoms with E-state index in [4.69, 9.17) is 9.47 Å². The van der Waals surface area contributed by atoms with Crippen molar-refractivity contribution < 1.29 is 22.7 Å². The normalized spacial score (nSPS) is 11.4. The van der Waals surface area contributed by atoms with Crippen LogP contribution in [0.3, 0.4) is 0 Å². The minimum atomic E-state index is -3.62. The summed E-state index contributed by atoms with van der Waals surface area (Å²) in [6.45, 7) is 8.62. The molecule has 7 nitrogen and oxygen atoms in total. The lowest BCUT2D eigenvalue weighted by atomic mass is 10.1. The molecule has 0 atom stereocenters. The Bertz CT molecular complexity index is 971. The Kier molecular flexibility index (Phi) is 7.64. The van der Waals surface area contributed by atoms with Crippen LogP contribution in [-0.2, 0) is 10.0 Å². The van der Waals surface area contributed by atoms with Gasteiger partial charge in [-0.05, 0) is 62.7 Å². The molecule has 2 rings (SSSR count). The molecule has 0 aliphatic rings. The van der Waals surface area contributed by atoms with E-state index in [1.807, 2.05) is 20.8 Å². The van der Waals surface area contributed by atoms with Gasteiger partial charge in [-0.1, -0.05) is 19.9 Å². The van der Waals surface area contributed by atoms with E-state index in [2.05, 4.69) is 10.0 Å². The summed E-state index contributed by atoms with van der Waals surface area (Å²) in [5.41, 5.74) is 1.35. The molecule has 2 N–H and O–H groups in total. The molecule has 0 bridgehead atoms. The maximum atomic E-state index is 12.7. The quantitative estimate of drug-likeness (QED) is 0.647. The first-order chi connectivity index (χ1) is 13.7. The molecule has 0 aliphatic heterocycles. The van der Waals surface area contributed by atoms with Crippen molar-refractivity contribution in [2.45, 2.75) is 32.6 Å². The zero-order valence-corrected chi connectivity index (χ0v) is 18.2. The molecule has 0 fully saturated rings. The maximum Gasteiger partial charge on any atom is 0.255 e. The van der Waals surface area contributed by atoms with E-state index < -0.39 is 10.0 Å². The fourth-order valence-electron chi connectivity index (χ4n) is 2.57. The molecule has 8 heteroatoms. The predicted octanol–water partition coefficient (Wildman–Crippen LogP) is 3.59. The standard InChI is InChI=1S/C21H28N2O5S/c1-6-27-19-11-16(8-10-18(19)28-13-14(2)3)21(24)23-17-9-7-15(4)20(12-17)29(25,26)22-5/h7-12,14,22H,6,13H2,1-5H3,(H,23,24). The lowest BCUT2D eigenvalue weighted by Gasteiger charge is -2.15. The first kappa shape index (κ1) is 22.7. The van der Waals surface area contributed by atoms with E-state index in [0.717, 1.165) is 0 Å². The van der Waals surface area contributed by atoms with Gasteiger partial charge in [-0.2, -0.15) is 0 Å². The Morgan fingerprint density at radius 3 is 2.41 bits per heavy atom. The monoisotopic (exact) mass is 420 g/mol. The highest BCUT2D eigenvalue weighted by Gasteiger charge is 2.17. The second-order valence-electron chi connectivity index (χ2n) is 6.94. The van der Waals surface area contributed by atoms with Crippen molar-refractivity contribution >= 4 is 21.6 Å². The number of hydrogen-bond donors (Lipinski definition) is 2. The number of hydrogen-bond acceptors (Lipinski definition) is 5. The molecule has 29 heavy (non-hydrogen) atoms. The van der Waals surface area contributed by atoms with Gasteiger partial charge < -0.3 is 14.8 Å². The van der Waals surface area contributed by atoms with Crippen LogP contribution in [0.1, 0.15) is 36.7 Å². The third kappa shape index (κ3) is 5.95. The minimum absolute atomic E-state index is 0.116. The zero-order valence-electron chi connectivity index (χ0n) is 17.4. The van der Waals surface area contributed by atoms with Gasteiger partial charge in [-0.3, -0.25) is 4.79 Å². The predicted molar refractivity (Wildman–Crippen MR) is 113 cm³/mol. The van der Waals surface area contributed by atoms with Crippen LogP contribution in [-0.4, -0.2) is 34.6 Å². The summed E-state index contributed by atoms with van der Waals surface area (Å²) in [6.07, 6.45) is 0. The molecule has 2 aromatic rings. The summed E-state index contributed by atoms with van der Waals surface area (Å²) < 4.78 is 37.9. The van der Waals surface area contributed by atoms with Gasteiger partial charge >= 0.3 is 0 Å². The fraction of sp³-hybridized carbons (Fsp3) is 0.381. The molecule has 0 aromatic heterocycles.